The molecule has 0 spiro atoms. The van der Waals surface area contributed by atoms with Crippen molar-refractivity contribution in [2.45, 2.75) is 33.2 Å². The van der Waals surface area contributed by atoms with Crippen LogP contribution >= 0.6 is 0 Å². The van der Waals surface area contributed by atoms with E-state index < -0.39 is 0 Å². The molecule has 16 heavy (non-hydrogen) atoms. The van der Waals surface area contributed by atoms with Gasteiger partial charge in [-0.25, -0.2) is 4.98 Å². The Bertz CT molecular complexity index is 315. The zero-order chi connectivity index (χ0) is 12.1. The van der Waals surface area contributed by atoms with Gasteiger partial charge in [0.25, 0.3) is 0 Å². The zero-order valence-electron chi connectivity index (χ0n) is 11.1. The van der Waals surface area contributed by atoms with Gasteiger partial charge in [0, 0.05) is 18.8 Å². The van der Waals surface area contributed by atoms with E-state index in [1.807, 2.05) is 6.92 Å². The predicted molar refractivity (Wildman–Crippen MR) is 69.0 cm³/mol. The smallest absolute Gasteiger partial charge is 0.203 e. The molecule has 0 aliphatic rings. The quantitative estimate of drug-likeness (QED) is 0.752. The summed E-state index contributed by atoms with van der Waals surface area (Å²) in [6.07, 6.45) is 3.23. The van der Waals surface area contributed by atoms with E-state index in [2.05, 4.69) is 53.9 Å². The lowest BCUT2D eigenvalue weighted by Crippen LogP contribution is -2.17. The van der Waals surface area contributed by atoms with Crippen LogP contribution in [0.3, 0.4) is 0 Å². The molecule has 1 N–H and O–H groups in total. The molecule has 1 aromatic heterocycles. The average Bonchev–Trinajstić information content (AvgIpc) is 2.54. The molecule has 1 aromatic rings. The molecule has 1 heterocycles. The van der Waals surface area contributed by atoms with Gasteiger partial charge in [-0.1, -0.05) is 0 Å². The highest BCUT2D eigenvalue weighted by atomic mass is 15.2. The third kappa shape index (κ3) is 3.85. The number of hydrogen-bond acceptors (Lipinski definition) is 3. The Morgan fingerprint density at radius 2 is 2.12 bits per heavy atom. The van der Waals surface area contributed by atoms with Crippen LogP contribution in [0.4, 0.5) is 5.95 Å². The van der Waals surface area contributed by atoms with Crippen LogP contribution in [-0.2, 0) is 0 Å². The minimum Gasteiger partial charge on any atom is -0.356 e. The first-order valence-electron chi connectivity index (χ1n) is 5.94. The number of nitrogens with one attached hydrogen (secondary N) is 1. The van der Waals surface area contributed by atoms with Crippen LogP contribution in [0.25, 0.3) is 0 Å². The second-order valence-electron chi connectivity index (χ2n) is 4.79. The van der Waals surface area contributed by atoms with E-state index in [1.165, 1.54) is 0 Å². The van der Waals surface area contributed by atoms with Crippen molar-refractivity contribution in [1.82, 2.24) is 14.5 Å². The van der Waals surface area contributed by atoms with Gasteiger partial charge in [0.1, 0.15) is 0 Å². The van der Waals surface area contributed by atoms with Gasteiger partial charge in [-0.2, -0.15) is 0 Å². The lowest BCUT2D eigenvalue weighted by molar-refractivity contribution is 0.405. The molecule has 0 unspecified atom stereocenters. The molecule has 0 fully saturated rings. The Morgan fingerprint density at radius 3 is 2.69 bits per heavy atom. The molecular weight excluding hydrogens is 200 g/mol. The standard InChI is InChI=1S/C12H24N4/c1-10(2)16-9-11(3)14-12(16)13-7-6-8-15(4)5/h9-10H,6-8H2,1-5H3,(H,13,14). The van der Waals surface area contributed by atoms with Crippen molar-refractivity contribution in [3.8, 4) is 0 Å². The number of aromatic nitrogens is 2. The summed E-state index contributed by atoms with van der Waals surface area (Å²) in [6.45, 7) is 8.46. The first kappa shape index (κ1) is 13.0. The van der Waals surface area contributed by atoms with E-state index in [-0.39, 0.29) is 0 Å². The maximum absolute atomic E-state index is 4.49. The first-order valence-corrected chi connectivity index (χ1v) is 5.94. The van der Waals surface area contributed by atoms with Gasteiger partial charge in [0.2, 0.25) is 5.95 Å². The molecule has 0 amide bonds. The normalized spacial score (nSPS) is 11.4. The van der Waals surface area contributed by atoms with Crippen molar-refractivity contribution in [1.29, 1.82) is 0 Å². The van der Waals surface area contributed by atoms with Crippen LogP contribution in [-0.4, -0.2) is 41.6 Å². The van der Waals surface area contributed by atoms with E-state index in [0.29, 0.717) is 6.04 Å². The fourth-order valence-electron chi connectivity index (χ4n) is 1.64. The van der Waals surface area contributed by atoms with E-state index in [4.69, 9.17) is 0 Å². The number of hydrogen-bond donors (Lipinski definition) is 1. The summed E-state index contributed by atoms with van der Waals surface area (Å²) in [5.41, 5.74) is 1.07. The molecule has 0 saturated heterocycles. The molecule has 0 saturated carbocycles. The minimum absolute atomic E-state index is 0.456. The molecule has 0 atom stereocenters. The van der Waals surface area contributed by atoms with Crippen LogP contribution in [0.15, 0.2) is 6.20 Å². The van der Waals surface area contributed by atoms with E-state index >= 15 is 0 Å². The van der Waals surface area contributed by atoms with Crippen molar-refractivity contribution in [2.24, 2.45) is 0 Å². The number of anilines is 1. The monoisotopic (exact) mass is 224 g/mol. The molecule has 1 rings (SSSR count). The van der Waals surface area contributed by atoms with E-state index in [0.717, 1.165) is 31.2 Å². The fraction of sp³-hybridized carbons (Fsp3) is 0.750. The van der Waals surface area contributed by atoms with Gasteiger partial charge >= 0.3 is 0 Å². The first-order chi connectivity index (χ1) is 7.50. The number of rotatable bonds is 6. The highest BCUT2D eigenvalue weighted by Gasteiger charge is 2.07. The molecule has 4 nitrogen and oxygen atoms in total. The molecule has 0 aromatic carbocycles. The summed E-state index contributed by atoms with van der Waals surface area (Å²) in [4.78, 5) is 6.68. The second-order valence-corrected chi connectivity index (χ2v) is 4.79. The highest BCUT2D eigenvalue weighted by Crippen LogP contribution is 2.14. The van der Waals surface area contributed by atoms with E-state index in [9.17, 15) is 0 Å². The Balaban J connectivity index is 2.46. The van der Waals surface area contributed by atoms with Gasteiger partial charge in [-0.05, 0) is 47.8 Å². The SMILES string of the molecule is Cc1cn(C(C)C)c(NCCCN(C)C)n1. The number of imidazole rings is 1. The lowest BCUT2D eigenvalue weighted by Gasteiger charge is -2.13. The number of nitrogens with zero attached hydrogens (tertiary/aromatic N) is 3. The van der Waals surface area contributed by atoms with E-state index in [1.54, 1.807) is 0 Å². The lowest BCUT2D eigenvalue weighted by atomic mass is 10.4. The van der Waals surface area contributed by atoms with Gasteiger partial charge in [-0.3, -0.25) is 0 Å². The summed E-state index contributed by atoms with van der Waals surface area (Å²) in [5.74, 6) is 0.992. The predicted octanol–water partition coefficient (Wildman–Crippen LogP) is 2.14. The molecule has 0 bridgehead atoms. The Kier molecular flexibility index (Phi) is 4.80. The largest absolute Gasteiger partial charge is 0.356 e. The average molecular weight is 224 g/mol. The summed E-state index contributed by atoms with van der Waals surface area (Å²) in [5, 5.41) is 3.40. The summed E-state index contributed by atoms with van der Waals surface area (Å²) >= 11 is 0. The highest BCUT2D eigenvalue weighted by molar-refractivity contribution is 5.29. The maximum Gasteiger partial charge on any atom is 0.203 e. The Labute approximate surface area is 98.7 Å². The minimum atomic E-state index is 0.456. The third-order valence-corrected chi connectivity index (χ3v) is 2.47. The molecule has 92 valence electrons. The number of aryl methyl sites for hydroxylation is 1. The van der Waals surface area contributed by atoms with Crippen LogP contribution < -0.4 is 5.32 Å². The van der Waals surface area contributed by atoms with Gasteiger partial charge in [0.15, 0.2) is 0 Å². The van der Waals surface area contributed by atoms with Crippen LogP contribution in [0.5, 0.6) is 0 Å². The van der Waals surface area contributed by atoms with Crippen molar-refractivity contribution < 1.29 is 0 Å². The Morgan fingerprint density at radius 1 is 1.44 bits per heavy atom. The molecule has 4 heteroatoms. The molecule has 0 aliphatic heterocycles. The van der Waals surface area contributed by atoms with Gasteiger partial charge < -0.3 is 14.8 Å². The second kappa shape index (κ2) is 5.89. The van der Waals surface area contributed by atoms with Gasteiger partial charge in [0.05, 0.1) is 5.69 Å². The zero-order valence-corrected chi connectivity index (χ0v) is 11.1. The van der Waals surface area contributed by atoms with Crippen LogP contribution in [0, 0.1) is 6.92 Å². The Hall–Kier alpha value is -1.03. The molecule has 0 radical (unpaired) electrons. The van der Waals surface area contributed by atoms with Crippen molar-refractivity contribution in [2.75, 3.05) is 32.5 Å². The summed E-state index contributed by atoms with van der Waals surface area (Å²) in [6, 6.07) is 0.456. The van der Waals surface area contributed by atoms with Crippen molar-refractivity contribution >= 4 is 5.95 Å². The fourth-order valence-corrected chi connectivity index (χ4v) is 1.64. The summed E-state index contributed by atoms with van der Waals surface area (Å²) < 4.78 is 2.19. The molecule has 0 aliphatic carbocycles. The van der Waals surface area contributed by atoms with Crippen LogP contribution in [0.2, 0.25) is 0 Å². The third-order valence-electron chi connectivity index (χ3n) is 2.47. The topological polar surface area (TPSA) is 33.1 Å². The van der Waals surface area contributed by atoms with Gasteiger partial charge in [-0.15, -0.1) is 0 Å². The molecular formula is C12H24N4. The van der Waals surface area contributed by atoms with Crippen LogP contribution in [0.1, 0.15) is 32.0 Å². The van der Waals surface area contributed by atoms with Crippen molar-refractivity contribution in [3.05, 3.63) is 11.9 Å². The maximum atomic E-state index is 4.49. The summed E-state index contributed by atoms with van der Waals surface area (Å²) in [7, 11) is 4.19. The van der Waals surface area contributed by atoms with Crippen molar-refractivity contribution in [3.63, 3.8) is 0 Å².